The number of phosphoric acid groups is 1. The summed E-state index contributed by atoms with van der Waals surface area (Å²) in [5.74, 6) is -0.232. The third-order valence-corrected chi connectivity index (χ3v) is 8.48. The number of carbonyl (C=O) groups excluding carboxylic acids is 1. The molecule has 0 saturated carbocycles. The van der Waals surface area contributed by atoms with Crippen molar-refractivity contribution < 1.29 is 32.9 Å². The molecule has 1 amide bonds. The highest BCUT2D eigenvalue weighted by atomic mass is 31.2. The molecule has 0 fully saturated rings. The molecule has 0 aromatic rings. The highest BCUT2D eigenvalue weighted by Crippen LogP contribution is 2.43. The number of phosphoric ester groups is 1. The highest BCUT2D eigenvalue weighted by molar-refractivity contribution is 7.47. The van der Waals surface area contributed by atoms with Crippen LogP contribution in [0.2, 0.25) is 0 Å². The van der Waals surface area contributed by atoms with Crippen molar-refractivity contribution in [1.29, 1.82) is 0 Å². The lowest BCUT2D eigenvalue weighted by Gasteiger charge is -2.25. The second-order valence-corrected chi connectivity index (χ2v) is 14.7. The number of hydrogen-bond donors (Lipinski definition) is 3. The highest BCUT2D eigenvalue weighted by Gasteiger charge is 2.27. The molecule has 0 spiro atoms. The van der Waals surface area contributed by atoms with Crippen molar-refractivity contribution in [1.82, 2.24) is 5.32 Å². The van der Waals surface area contributed by atoms with E-state index in [1.807, 2.05) is 27.2 Å². The van der Waals surface area contributed by atoms with Crippen LogP contribution in [0.3, 0.4) is 0 Å². The maximum absolute atomic E-state index is 12.7. The van der Waals surface area contributed by atoms with Crippen LogP contribution in [0.5, 0.6) is 0 Å². The van der Waals surface area contributed by atoms with E-state index in [-0.39, 0.29) is 19.1 Å². The van der Waals surface area contributed by atoms with Crippen LogP contribution in [-0.4, -0.2) is 73.4 Å². The van der Waals surface area contributed by atoms with Crippen LogP contribution in [-0.2, 0) is 18.4 Å². The maximum Gasteiger partial charge on any atom is 0.472 e. The SMILES string of the molecule is CCCCCC/C=C\CCCC(=O)NC(COP(=O)(O)OCC[N+](C)(C)C)C(O)/C=C/CC/C=C/CC/C=C/CCCCCCC. The molecule has 0 bridgehead atoms. The van der Waals surface area contributed by atoms with Crippen LogP contribution >= 0.6 is 7.82 Å². The number of nitrogens with zero attached hydrogens (tertiary/aromatic N) is 1. The van der Waals surface area contributed by atoms with Crippen molar-refractivity contribution in [2.75, 3.05) is 40.9 Å². The van der Waals surface area contributed by atoms with E-state index in [9.17, 15) is 19.4 Å². The predicted molar refractivity (Wildman–Crippen MR) is 194 cm³/mol. The number of aliphatic hydroxyl groups excluding tert-OH is 1. The van der Waals surface area contributed by atoms with Crippen LogP contribution in [0.1, 0.15) is 129 Å². The minimum atomic E-state index is -4.34. The van der Waals surface area contributed by atoms with Crippen LogP contribution in [0, 0.1) is 0 Å². The zero-order chi connectivity index (χ0) is 34.4. The van der Waals surface area contributed by atoms with E-state index < -0.39 is 20.0 Å². The third-order valence-electron chi connectivity index (χ3n) is 7.50. The monoisotopic (exact) mass is 669 g/mol. The summed E-state index contributed by atoms with van der Waals surface area (Å²) in [6.07, 6.45) is 34.8. The molecule has 3 unspecified atom stereocenters. The Labute approximate surface area is 282 Å². The van der Waals surface area contributed by atoms with Gasteiger partial charge in [-0.05, 0) is 64.2 Å². The van der Waals surface area contributed by atoms with Crippen molar-refractivity contribution in [2.45, 2.75) is 142 Å². The lowest BCUT2D eigenvalue weighted by Crippen LogP contribution is -2.45. The van der Waals surface area contributed by atoms with Crippen molar-refractivity contribution in [3.05, 3.63) is 48.6 Å². The first-order chi connectivity index (χ1) is 22.0. The van der Waals surface area contributed by atoms with Gasteiger partial charge in [-0.2, -0.15) is 0 Å². The molecule has 3 atom stereocenters. The molecule has 0 aliphatic rings. The lowest BCUT2D eigenvalue weighted by molar-refractivity contribution is -0.870. The molecule has 3 N–H and O–H groups in total. The smallest absolute Gasteiger partial charge is 0.387 e. The fourth-order valence-electron chi connectivity index (χ4n) is 4.54. The van der Waals surface area contributed by atoms with Crippen LogP contribution in [0.25, 0.3) is 0 Å². The Morgan fingerprint density at radius 1 is 0.717 bits per heavy atom. The Hall–Kier alpha value is -1.54. The number of nitrogens with one attached hydrogen (secondary N) is 1. The van der Waals surface area contributed by atoms with E-state index in [0.29, 0.717) is 23.9 Å². The Bertz CT molecular complexity index is 897. The number of likely N-dealkylation sites (N-methyl/N-ethyl adjacent to an activating group) is 1. The fourth-order valence-corrected chi connectivity index (χ4v) is 5.28. The van der Waals surface area contributed by atoms with Gasteiger partial charge >= 0.3 is 7.82 Å². The molecule has 0 saturated heterocycles. The quantitative estimate of drug-likeness (QED) is 0.0295. The molecule has 0 radical (unpaired) electrons. The minimum Gasteiger partial charge on any atom is -0.387 e. The first-order valence-corrected chi connectivity index (χ1v) is 19.5. The molecule has 0 aliphatic heterocycles. The van der Waals surface area contributed by atoms with Gasteiger partial charge in [0, 0.05) is 6.42 Å². The number of aliphatic hydroxyl groups is 1. The summed E-state index contributed by atoms with van der Waals surface area (Å²) < 4.78 is 23.3. The number of hydrogen-bond acceptors (Lipinski definition) is 5. The number of rotatable bonds is 31. The first kappa shape index (κ1) is 44.5. The molecular formula is C37H70N2O6P+. The Morgan fingerprint density at radius 2 is 1.20 bits per heavy atom. The van der Waals surface area contributed by atoms with Crippen LogP contribution in [0.4, 0.5) is 0 Å². The molecule has 0 rings (SSSR count). The number of allylic oxidation sites excluding steroid dienone is 7. The summed E-state index contributed by atoms with van der Waals surface area (Å²) in [6.45, 7) is 4.67. The van der Waals surface area contributed by atoms with Crippen molar-refractivity contribution in [2.24, 2.45) is 0 Å². The van der Waals surface area contributed by atoms with Gasteiger partial charge < -0.3 is 19.8 Å². The molecule has 9 heteroatoms. The average Bonchev–Trinajstić information content (AvgIpc) is 2.99. The van der Waals surface area contributed by atoms with E-state index in [0.717, 1.165) is 38.5 Å². The topological polar surface area (TPSA) is 105 Å². The van der Waals surface area contributed by atoms with Gasteiger partial charge in [0.05, 0.1) is 39.9 Å². The molecule has 0 heterocycles. The van der Waals surface area contributed by atoms with Crippen molar-refractivity contribution in [3.63, 3.8) is 0 Å². The van der Waals surface area contributed by atoms with E-state index in [4.69, 9.17) is 9.05 Å². The molecule has 0 aromatic heterocycles. The van der Waals surface area contributed by atoms with E-state index in [1.165, 1.54) is 64.2 Å². The molecule has 46 heavy (non-hydrogen) atoms. The van der Waals surface area contributed by atoms with Gasteiger partial charge in [0.2, 0.25) is 5.91 Å². The van der Waals surface area contributed by atoms with E-state index in [2.05, 4.69) is 55.6 Å². The summed E-state index contributed by atoms with van der Waals surface area (Å²) in [4.78, 5) is 22.8. The van der Waals surface area contributed by atoms with E-state index >= 15 is 0 Å². The minimum absolute atomic E-state index is 0.0474. The molecule has 268 valence electrons. The summed E-state index contributed by atoms with van der Waals surface area (Å²) in [5.41, 5.74) is 0. The number of amides is 1. The zero-order valence-electron chi connectivity index (χ0n) is 30.0. The summed E-state index contributed by atoms with van der Waals surface area (Å²) in [5, 5.41) is 13.6. The number of unbranched alkanes of at least 4 members (excludes halogenated alkanes) is 12. The van der Waals surface area contributed by atoms with Gasteiger partial charge in [0.25, 0.3) is 0 Å². The van der Waals surface area contributed by atoms with Crippen LogP contribution in [0.15, 0.2) is 48.6 Å². The summed E-state index contributed by atoms with van der Waals surface area (Å²) in [7, 11) is 1.52. The summed E-state index contributed by atoms with van der Waals surface area (Å²) >= 11 is 0. The number of quaternary nitrogens is 1. The maximum atomic E-state index is 12.7. The van der Waals surface area contributed by atoms with Crippen LogP contribution < -0.4 is 5.32 Å². The standard InChI is InChI=1S/C37H69N2O6P/c1-6-8-10-12-14-16-17-18-19-20-21-23-24-26-28-30-36(40)35(34-45-46(42,43)44-33-32-39(3,4)5)38-37(41)31-29-27-25-22-15-13-11-9-7-2/h17-18,21-23,25,28,30,35-36,40H,6-16,19-20,24,26-27,29,31-34H2,1-5H3,(H-,38,41,42,43)/p+1/b18-17+,23-21+,25-22-,30-28+. The second kappa shape index (κ2) is 29.6. The first-order valence-electron chi connectivity index (χ1n) is 18.0. The Kier molecular flexibility index (Phi) is 28.6. The number of carbonyl (C=O) groups is 1. The van der Waals surface area contributed by atoms with Gasteiger partial charge in [-0.25, -0.2) is 4.57 Å². The van der Waals surface area contributed by atoms with Gasteiger partial charge in [0.15, 0.2) is 0 Å². The third kappa shape index (κ3) is 31.1. The van der Waals surface area contributed by atoms with Crippen molar-refractivity contribution >= 4 is 13.7 Å². The van der Waals surface area contributed by atoms with Gasteiger partial charge in [-0.1, -0.05) is 107 Å². The van der Waals surface area contributed by atoms with Gasteiger partial charge in [0.1, 0.15) is 13.2 Å². The average molecular weight is 670 g/mol. The molecule has 8 nitrogen and oxygen atoms in total. The van der Waals surface area contributed by atoms with Crippen molar-refractivity contribution in [3.8, 4) is 0 Å². The van der Waals surface area contributed by atoms with Gasteiger partial charge in [-0.3, -0.25) is 13.8 Å². The Morgan fingerprint density at radius 3 is 1.74 bits per heavy atom. The second-order valence-electron chi connectivity index (χ2n) is 13.2. The lowest BCUT2D eigenvalue weighted by atomic mass is 10.1. The molecular weight excluding hydrogens is 599 g/mol. The Balaban J connectivity index is 4.71. The summed E-state index contributed by atoms with van der Waals surface area (Å²) in [6, 6.07) is -0.880. The fraction of sp³-hybridized carbons (Fsp3) is 0.757. The van der Waals surface area contributed by atoms with Gasteiger partial charge in [-0.15, -0.1) is 0 Å². The predicted octanol–water partition coefficient (Wildman–Crippen LogP) is 8.96. The zero-order valence-corrected chi connectivity index (χ0v) is 30.9. The molecule has 0 aliphatic carbocycles. The molecule has 0 aromatic carbocycles. The van der Waals surface area contributed by atoms with E-state index in [1.54, 1.807) is 6.08 Å². The normalized spacial score (nSPS) is 15.4. The largest absolute Gasteiger partial charge is 0.472 e.